The Kier molecular flexibility index (Phi) is 6.02. The molecule has 0 radical (unpaired) electrons. The van der Waals surface area contributed by atoms with Gasteiger partial charge in [-0.3, -0.25) is 11.3 Å². The topological polar surface area (TPSA) is 38.0 Å². The van der Waals surface area contributed by atoms with E-state index in [1.54, 1.807) is 0 Å². The van der Waals surface area contributed by atoms with Gasteiger partial charge in [-0.25, -0.2) is 0 Å². The van der Waals surface area contributed by atoms with E-state index in [4.69, 9.17) is 5.84 Å². The summed E-state index contributed by atoms with van der Waals surface area (Å²) in [5.74, 6) is 7.60. The van der Waals surface area contributed by atoms with Crippen molar-refractivity contribution < 1.29 is 0 Å². The fraction of sp³-hybridized carbons (Fsp3) is 0.571. The van der Waals surface area contributed by atoms with Crippen molar-refractivity contribution >= 4 is 27.7 Å². The number of nitrogens with one attached hydrogen (secondary N) is 1. The van der Waals surface area contributed by atoms with E-state index in [1.165, 1.54) is 37.0 Å². The molecule has 18 heavy (non-hydrogen) atoms. The number of hydrazine groups is 1. The SMILES string of the molecule is NNC(CSc1ccc(Br)cc1)CC1CCCC1. The van der Waals surface area contributed by atoms with Crippen molar-refractivity contribution in [3.63, 3.8) is 0 Å². The van der Waals surface area contributed by atoms with Crippen LogP contribution < -0.4 is 11.3 Å². The molecule has 1 atom stereocenters. The zero-order valence-electron chi connectivity index (χ0n) is 10.6. The molecule has 1 fully saturated rings. The first-order chi connectivity index (χ1) is 8.78. The van der Waals surface area contributed by atoms with Crippen LogP contribution in [0.5, 0.6) is 0 Å². The van der Waals surface area contributed by atoms with Crippen LogP contribution in [0.3, 0.4) is 0 Å². The molecule has 1 unspecified atom stereocenters. The number of thioether (sulfide) groups is 1. The monoisotopic (exact) mass is 328 g/mol. The molecule has 0 amide bonds. The number of nitrogens with two attached hydrogens (primary N) is 1. The summed E-state index contributed by atoms with van der Waals surface area (Å²) < 4.78 is 1.13. The molecule has 2 nitrogen and oxygen atoms in total. The summed E-state index contributed by atoms with van der Waals surface area (Å²) in [7, 11) is 0. The Hall–Kier alpha value is -0.0300. The highest BCUT2D eigenvalue weighted by atomic mass is 79.9. The minimum atomic E-state index is 0.432. The van der Waals surface area contributed by atoms with Gasteiger partial charge in [0, 0.05) is 21.2 Å². The predicted molar refractivity (Wildman–Crippen MR) is 82.6 cm³/mol. The molecule has 0 bridgehead atoms. The lowest BCUT2D eigenvalue weighted by atomic mass is 10.00. The van der Waals surface area contributed by atoms with Gasteiger partial charge in [0.1, 0.15) is 0 Å². The number of rotatable bonds is 6. The molecule has 0 aliphatic heterocycles. The largest absolute Gasteiger partial charge is 0.271 e. The quantitative estimate of drug-likeness (QED) is 0.471. The van der Waals surface area contributed by atoms with Gasteiger partial charge < -0.3 is 0 Å². The number of hydrogen-bond acceptors (Lipinski definition) is 3. The summed E-state index contributed by atoms with van der Waals surface area (Å²) in [5, 5.41) is 0. The Bertz CT molecular complexity index is 349. The average Bonchev–Trinajstić information content (AvgIpc) is 2.89. The molecule has 4 heteroatoms. The van der Waals surface area contributed by atoms with Gasteiger partial charge in [-0.2, -0.15) is 0 Å². The van der Waals surface area contributed by atoms with Gasteiger partial charge in [0.2, 0.25) is 0 Å². The molecule has 0 saturated heterocycles. The zero-order valence-corrected chi connectivity index (χ0v) is 13.0. The van der Waals surface area contributed by atoms with Crippen molar-refractivity contribution in [3.8, 4) is 0 Å². The molecule has 0 spiro atoms. The fourth-order valence-corrected chi connectivity index (χ4v) is 3.78. The Balaban J connectivity index is 1.77. The lowest BCUT2D eigenvalue weighted by Crippen LogP contribution is -2.38. The highest BCUT2D eigenvalue weighted by Crippen LogP contribution is 2.30. The number of hydrogen-bond donors (Lipinski definition) is 2. The van der Waals surface area contributed by atoms with Crippen LogP contribution in [0.25, 0.3) is 0 Å². The van der Waals surface area contributed by atoms with Gasteiger partial charge in [0.25, 0.3) is 0 Å². The van der Waals surface area contributed by atoms with Crippen LogP contribution in [0.15, 0.2) is 33.6 Å². The lowest BCUT2D eigenvalue weighted by molar-refractivity contribution is 0.415. The molecule has 1 saturated carbocycles. The predicted octanol–water partition coefficient (Wildman–Crippen LogP) is 3.95. The van der Waals surface area contributed by atoms with E-state index in [1.807, 2.05) is 11.8 Å². The highest BCUT2D eigenvalue weighted by Gasteiger charge is 2.19. The fourth-order valence-electron chi connectivity index (χ4n) is 2.56. The maximum Gasteiger partial charge on any atom is 0.0307 e. The molecule has 1 aromatic carbocycles. The second-order valence-corrected chi connectivity index (χ2v) is 7.02. The van der Waals surface area contributed by atoms with Gasteiger partial charge >= 0.3 is 0 Å². The van der Waals surface area contributed by atoms with E-state index >= 15 is 0 Å². The summed E-state index contributed by atoms with van der Waals surface area (Å²) >= 11 is 5.34. The Labute approximate surface area is 122 Å². The van der Waals surface area contributed by atoms with Crippen molar-refractivity contribution in [1.29, 1.82) is 0 Å². The Morgan fingerprint density at radius 1 is 1.28 bits per heavy atom. The molecule has 1 aliphatic carbocycles. The van der Waals surface area contributed by atoms with Gasteiger partial charge in [0.05, 0.1) is 0 Å². The van der Waals surface area contributed by atoms with Crippen molar-refractivity contribution in [1.82, 2.24) is 5.43 Å². The van der Waals surface area contributed by atoms with Crippen molar-refractivity contribution in [2.75, 3.05) is 5.75 Å². The van der Waals surface area contributed by atoms with Gasteiger partial charge in [-0.1, -0.05) is 41.6 Å². The average molecular weight is 329 g/mol. The van der Waals surface area contributed by atoms with E-state index in [-0.39, 0.29) is 0 Å². The first kappa shape index (κ1) is 14.4. The summed E-state index contributed by atoms with van der Waals surface area (Å²) in [6.45, 7) is 0. The molecule has 1 aromatic rings. The molecular formula is C14H21BrN2S. The third kappa shape index (κ3) is 4.57. The summed E-state index contributed by atoms with van der Waals surface area (Å²) in [6, 6.07) is 8.91. The second kappa shape index (κ2) is 7.53. The van der Waals surface area contributed by atoms with Gasteiger partial charge in [-0.05, 0) is 36.6 Å². The smallest absolute Gasteiger partial charge is 0.0307 e. The minimum absolute atomic E-state index is 0.432. The molecule has 1 aliphatic rings. The summed E-state index contributed by atoms with van der Waals surface area (Å²) in [5.41, 5.74) is 2.98. The van der Waals surface area contributed by atoms with Gasteiger partial charge in [0.15, 0.2) is 0 Å². The normalized spacial score (nSPS) is 18.1. The van der Waals surface area contributed by atoms with Crippen molar-refractivity contribution in [2.24, 2.45) is 11.8 Å². The third-order valence-corrected chi connectivity index (χ3v) is 5.30. The van der Waals surface area contributed by atoms with Crippen molar-refractivity contribution in [3.05, 3.63) is 28.7 Å². The van der Waals surface area contributed by atoms with E-state index in [2.05, 4.69) is 45.6 Å². The van der Waals surface area contributed by atoms with E-state index in [0.717, 1.165) is 16.1 Å². The van der Waals surface area contributed by atoms with Crippen LogP contribution >= 0.6 is 27.7 Å². The number of halogens is 1. The first-order valence-electron chi connectivity index (χ1n) is 6.62. The highest BCUT2D eigenvalue weighted by molar-refractivity contribution is 9.10. The zero-order chi connectivity index (χ0) is 12.8. The van der Waals surface area contributed by atoms with Crippen LogP contribution in [0.4, 0.5) is 0 Å². The first-order valence-corrected chi connectivity index (χ1v) is 8.40. The van der Waals surface area contributed by atoms with Gasteiger partial charge in [-0.15, -0.1) is 11.8 Å². The van der Waals surface area contributed by atoms with E-state index < -0.39 is 0 Å². The van der Waals surface area contributed by atoms with E-state index in [0.29, 0.717) is 6.04 Å². The summed E-state index contributed by atoms with van der Waals surface area (Å²) in [4.78, 5) is 1.31. The summed E-state index contributed by atoms with van der Waals surface area (Å²) in [6.07, 6.45) is 6.81. The van der Waals surface area contributed by atoms with Crippen LogP contribution in [0.2, 0.25) is 0 Å². The molecule has 0 aromatic heterocycles. The van der Waals surface area contributed by atoms with Crippen LogP contribution in [0, 0.1) is 5.92 Å². The standard InChI is InChI=1S/C14H21BrN2S/c15-12-5-7-14(8-6-12)18-10-13(17-16)9-11-3-1-2-4-11/h5-8,11,13,17H,1-4,9-10,16H2. The van der Waals surface area contributed by atoms with E-state index in [9.17, 15) is 0 Å². The molecular weight excluding hydrogens is 308 g/mol. The minimum Gasteiger partial charge on any atom is -0.271 e. The number of benzene rings is 1. The maximum atomic E-state index is 5.67. The molecule has 100 valence electrons. The second-order valence-electron chi connectivity index (χ2n) is 5.01. The third-order valence-electron chi connectivity index (χ3n) is 3.59. The van der Waals surface area contributed by atoms with Crippen LogP contribution in [0.1, 0.15) is 32.1 Å². The maximum absolute atomic E-state index is 5.67. The van der Waals surface area contributed by atoms with Crippen molar-refractivity contribution in [2.45, 2.75) is 43.0 Å². The molecule has 2 rings (SSSR count). The van der Waals surface area contributed by atoms with Crippen LogP contribution in [-0.2, 0) is 0 Å². The lowest BCUT2D eigenvalue weighted by Gasteiger charge is -2.19. The molecule has 3 N–H and O–H groups in total. The molecule has 0 heterocycles. The Morgan fingerprint density at radius 2 is 1.94 bits per heavy atom. The Morgan fingerprint density at radius 3 is 2.56 bits per heavy atom. The van der Waals surface area contributed by atoms with Crippen LogP contribution in [-0.4, -0.2) is 11.8 Å².